The van der Waals surface area contributed by atoms with Crippen molar-refractivity contribution in [2.24, 2.45) is 5.41 Å². The van der Waals surface area contributed by atoms with Crippen molar-refractivity contribution in [2.45, 2.75) is 39.2 Å². The quantitative estimate of drug-likeness (QED) is 0.630. The van der Waals surface area contributed by atoms with Gasteiger partial charge >= 0.3 is 0 Å². The number of nitrogens with one attached hydrogen (secondary N) is 1. The van der Waals surface area contributed by atoms with Gasteiger partial charge in [-0.25, -0.2) is 9.97 Å². The maximum atomic E-state index is 13.4. The second kappa shape index (κ2) is 9.90. The van der Waals surface area contributed by atoms with E-state index in [1.807, 2.05) is 30.9 Å². The van der Waals surface area contributed by atoms with E-state index in [-0.39, 0.29) is 17.9 Å². The molecule has 0 radical (unpaired) electrons. The maximum Gasteiger partial charge on any atom is 0.253 e. The Balaban J connectivity index is 1.55. The number of aromatic nitrogens is 3. The van der Waals surface area contributed by atoms with Crippen molar-refractivity contribution >= 4 is 11.8 Å². The molecule has 0 unspecified atom stereocenters. The Morgan fingerprint density at radius 3 is 2.36 bits per heavy atom. The van der Waals surface area contributed by atoms with Crippen molar-refractivity contribution in [3.63, 3.8) is 0 Å². The topological polar surface area (TPSA) is 88.1 Å². The highest BCUT2D eigenvalue weighted by molar-refractivity contribution is 5.94. The van der Waals surface area contributed by atoms with Crippen LogP contribution >= 0.6 is 0 Å². The van der Waals surface area contributed by atoms with Gasteiger partial charge in [-0.3, -0.25) is 14.6 Å². The number of hydrogen-bond acceptors (Lipinski definition) is 5. The van der Waals surface area contributed by atoms with E-state index in [2.05, 4.69) is 32.4 Å². The second-order valence-corrected chi connectivity index (χ2v) is 8.94. The van der Waals surface area contributed by atoms with Crippen LogP contribution in [0.4, 0.5) is 0 Å². The molecular weight excluding hydrogens is 414 g/mol. The summed E-state index contributed by atoms with van der Waals surface area (Å²) in [5.74, 6) is 0.0447. The molecule has 1 aliphatic rings. The normalized spacial score (nSPS) is 15.3. The van der Waals surface area contributed by atoms with Crippen molar-refractivity contribution in [3.8, 4) is 11.1 Å². The number of piperidine rings is 1. The highest BCUT2D eigenvalue weighted by atomic mass is 16.2. The summed E-state index contributed by atoms with van der Waals surface area (Å²) in [5, 5.41) is 3.12. The first-order chi connectivity index (χ1) is 16.0. The fourth-order valence-electron chi connectivity index (χ4n) is 4.41. The number of hydrogen-bond donors (Lipinski definition) is 1. The number of carbonyl (C=O) groups excluding carboxylic acids is 2. The van der Waals surface area contributed by atoms with Gasteiger partial charge < -0.3 is 10.2 Å². The lowest BCUT2D eigenvalue weighted by Gasteiger charge is -2.41. The molecule has 0 aliphatic carbocycles. The Labute approximate surface area is 194 Å². The highest BCUT2D eigenvalue weighted by Crippen LogP contribution is 2.37. The van der Waals surface area contributed by atoms with E-state index < -0.39 is 5.41 Å². The van der Waals surface area contributed by atoms with Crippen LogP contribution in [-0.2, 0) is 11.2 Å². The molecule has 0 atom stereocenters. The molecule has 1 fully saturated rings. The van der Waals surface area contributed by atoms with Crippen LogP contribution < -0.4 is 5.32 Å². The van der Waals surface area contributed by atoms with Crippen molar-refractivity contribution in [1.29, 1.82) is 0 Å². The molecule has 1 saturated heterocycles. The number of rotatable bonds is 6. The summed E-state index contributed by atoms with van der Waals surface area (Å²) >= 11 is 0. The molecule has 2 aromatic heterocycles. The molecular formula is C26H29N5O2. The van der Waals surface area contributed by atoms with E-state index >= 15 is 0 Å². The molecule has 7 heteroatoms. The number of pyridine rings is 1. The summed E-state index contributed by atoms with van der Waals surface area (Å²) in [6.07, 6.45) is 10.2. The smallest absolute Gasteiger partial charge is 0.253 e. The van der Waals surface area contributed by atoms with Crippen LogP contribution in [0.2, 0.25) is 0 Å². The lowest BCUT2D eigenvalue weighted by atomic mass is 9.72. The van der Waals surface area contributed by atoms with E-state index in [4.69, 9.17) is 0 Å². The molecule has 1 aliphatic heterocycles. The molecule has 3 aromatic rings. The predicted molar refractivity (Wildman–Crippen MR) is 126 cm³/mol. The van der Waals surface area contributed by atoms with Crippen LogP contribution in [0.3, 0.4) is 0 Å². The molecule has 0 bridgehead atoms. The first-order valence-electron chi connectivity index (χ1n) is 11.3. The Morgan fingerprint density at radius 1 is 1.00 bits per heavy atom. The molecule has 0 spiro atoms. The van der Waals surface area contributed by atoms with Crippen molar-refractivity contribution < 1.29 is 9.59 Å². The monoisotopic (exact) mass is 443 g/mol. The Hall–Kier alpha value is -3.61. The van der Waals surface area contributed by atoms with Crippen LogP contribution in [0.5, 0.6) is 0 Å². The molecule has 1 aromatic carbocycles. The van der Waals surface area contributed by atoms with Gasteiger partial charge in [0.25, 0.3) is 5.91 Å². The van der Waals surface area contributed by atoms with Crippen molar-refractivity contribution in [3.05, 3.63) is 78.6 Å². The molecule has 33 heavy (non-hydrogen) atoms. The molecule has 0 saturated carbocycles. The summed E-state index contributed by atoms with van der Waals surface area (Å²) in [4.78, 5) is 40.4. The van der Waals surface area contributed by atoms with Gasteiger partial charge in [-0.2, -0.15) is 0 Å². The van der Waals surface area contributed by atoms with Crippen LogP contribution in [0, 0.1) is 5.41 Å². The van der Waals surface area contributed by atoms with Gasteiger partial charge in [0, 0.05) is 55.0 Å². The summed E-state index contributed by atoms with van der Waals surface area (Å²) in [6.45, 7) is 5.03. The first kappa shape index (κ1) is 22.6. The summed E-state index contributed by atoms with van der Waals surface area (Å²) in [7, 11) is 0. The SMILES string of the molecule is CC(C)NC(=O)C1(Cc2cccc(-c3cncnc3)c2)CCN(C(=O)c2ccncc2)CC1. The minimum absolute atomic E-state index is 0.0126. The average Bonchev–Trinajstić information content (AvgIpc) is 2.85. The fourth-order valence-corrected chi connectivity index (χ4v) is 4.41. The van der Waals surface area contributed by atoms with Crippen LogP contribution in [-0.4, -0.2) is 50.8 Å². The number of benzene rings is 1. The summed E-state index contributed by atoms with van der Waals surface area (Å²) in [6, 6.07) is 11.7. The third kappa shape index (κ3) is 5.25. The Bertz CT molecular complexity index is 1090. The van der Waals surface area contributed by atoms with Gasteiger partial charge in [0.2, 0.25) is 5.91 Å². The number of amides is 2. The lowest BCUT2D eigenvalue weighted by Crippen LogP contribution is -2.52. The van der Waals surface area contributed by atoms with Gasteiger partial charge in [-0.15, -0.1) is 0 Å². The standard InChI is InChI=1S/C26H29N5O2/c1-19(2)30-25(33)26(8-12-31(13-9-26)24(32)21-6-10-27-11-7-21)15-20-4-3-5-22(14-20)23-16-28-18-29-17-23/h3-7,10-11,14,16-19H,8-9,12-13,15H2,1-2H3,(H,30,33). The fraction of sp³-hybridized carbons (Fsp3) is 0.346. The van der Waals surface area contributed by atoms with E-state index in [1.54, 1.807) is 36.9 Å². The molecule has 3 heterocycles. The zero-order valence-electron chi connectivity index (χ0n) is 19.1. The largest absolute Gasteiger partial charge is 0.353 e. The van der Waals surface area contributed by atoms with Crippen molar-refractivity contribution in [1.82, 2.24) is 25.2 Å². The number of carbonyl (C=O) groups is 2. The third-order valence-electron chi connectivity index (χ3n) is 6.20. The Morgan fingerprint density at radius 2 is 1.70 bits per heavy atom. The summed E-state index contributed by atoms with van der Waals surface area (Å²) < 4.78 is 0. The highest BCUT2D eigenvalue weighted by Gasteiger charge is 2.42. The molecule has 4 rings (SSSR count). The molecule has 2 amide bonds. The van der Waals surface area contributed by atoms with E-state index in [0.717, 1.165) is 16.7 Å². The van der Waals surface area contributed by atoms with Gasteiger partial charge in [0.15, 0.2) is 0 Å². The second-order valence-electron chi connectivity index (χ2n) is 8.94. The third-order valence-corrected chi connectivity index (χ3v) is 6.20. The van der Waals surface area contributed by atoms with Gasteiger partial charge in [-0.1, -0.05) is 24.3 Å². The first-order valence-corrected chi connectivity index (χ1v) is 11.3. The predicted octanol–water partition coefficient (Wildman–Crippen LogP) is 3.53. The minimum atomic E-state index is -0.564. The zero-order valence-corrected chi connectivity index (χ0v) is 19.1. The molecule has 1 N–H and O–H groups in total. The zero-order chi connectivity index (χ0) is 23.3. The minimum Gasteiger partial charge on any atom is -0.353 e. The molecule has 170 valence electrons. The van der Waals surface area contributed by atoms with Crippen LogP contribution in [0.15, 0.2) is 67.5 Å². The van der Waals surface area contributed by atoms with E-state index in [1.165, 1.54) is 6.33 Å². The van der Waals surface area contributed by atoms with Crippen LogP contribution in [0.1, 0.15) is 42.6 Å². The Kier molecular flexibility index (Phi) is 6.77. The number of nitrogens with zero attached hydrogens (tertiary/aromatic N) is 4. The summed E-state index contributed by atoms with van der Waals surface area (Å²) in [5.41, 5.74) is 3.12. The average molecular weight is 444 g/mol. The van der Waals surface area contributed by atoms with Crippen LogP contribution in [0.25, 0.3) is 11.1 Å². The van der Waals surface area contributed by atoms with Gasteiger partial charge in [0.1, 0.15) is 6.33 Å². The van der Waals surface area contributed by atoms with E-state index in [9.17, 15) is 9.59 Å². The number of likely N-dealkylation sites (tertiary alicyclic amines) is 1. The lowest BCUT2D eigenvalue weighted by molar-refractivity contribution is -0.134. The van der Waals surface area contributed by atoms with Gasteiger partial charge in [0.05, 0.1) is 5.41 Å². The van der Waals surface area contributed by atoms with E-state index in [0.29, 0.717) is 37.9 Å². The molecule has 7 nitrogen and oxygen atoms in total. The maximum absolute atomic E-state index is 13.4. The van der Waals surface area contributed by atoms with Gasteiger partial charge in [-0.05, 0) is 56.4 Å². The van der Waals surface area contributed by atoms with Crippen molar-refractivity contribution in [2.75, 3.05) is 13.1 Å².